The average molecular weight is 486 g/mol. The highest BCUT2D eigenvalue weighted by Crippen LogP contribution is 2.66. The predicted octanol–water partition coefficient (Wildman–Crippen LogP) is 5.42. The number of hydrogen-bond donors (Lipinski definition) is 3. The molecule has 5 rings (SSSR count). The number of hydrogen-bond acceptors (Lipinski definition) is 5. The van der Waals surface area contributed by atoms with Crippen LogP contribution in [0.2, 0.25) is 0 Å². The van der Waals surface area contributed by atoms with Crippen LogP contribution in [0.1, 0.15) is 92.4 Å². The Morgan fingerprint density at radius 2 is 1.94 bits per heavy atom. The standard InChI is InChI=1S/C29H47N3O3/c1-18(32-35-26(34)30-16-20-15-27(2,3)17-31-20)23-8-9-24-22-7-6-19-14-21(33)10-12-28(19,4)25(22)11-13-29(23,24)5/h14,20-25,31,33H,6-13,15-17H2,1-5H3,(H,30,34)/b32-18+/t20?,21-,22+,23-,24+,25+,28+,29-/m1/s1. The van der Waals surface area contributed by atoms with Crippen molar-refractivity contribution >= 4 is 11.8 Å². The van der Waals surface area contributed by atoms with E-state index in [1.54, 1.807) is 0 Å². The molecule has 0 spiro atoms. The van der Waals surface area contributed by atoms with Crippen LogP contribution >= 0.6 is 0 Å². The van der Waals surface area contributed by atoms with E-state index in [0.29, 0.717) is 24.4 Å². The van der Waals surface area contributed by atoms with Gasteiger partial charge in [0, 0.05) is 25.0 Å². The number of aliphatic hydroxyl groups is 1. The van der Waals surface area contributed by atoms with Crippen LogP contribution in [0.25, 0.3) is 0 Å². The molecule has 4 fully saturated rings. The summed E-state index contributed by atoms with van der Waals surface area (Å²) in [7, 11) is 0. The van der Waals surface area contributed by atoms with E-state index < -0.39 is 6.09 Å². The monoisotopic (exact) mass is 485 g/mol. The summed E-state index contributed by atoms with van der Waals surface area (Å²) in [6, 6.07) is 0.299. The molecule has 0 aromatic heterocycles. The van der Waals surface area contributed by atoms with Gasteiger partial charge in [0.25, 0.3) is 0 Å². The summed E-state index contributed by atoms with van der Waals surface area (Å²) in [6.45, 7) is 13.1. The zero-order chi connectivity index (χ0) is 25.0. The van der Waals surface area contributed by atoms with E-state index >= 15 is 0 Å². The summed E-state index contributed by atoms with van der Waals surface area (Å²) in [5.74, 6) is 2.60. The Balaban J connectivity index is 1.20. The minimum atomic E-state index is -0.446. The number of allylic oxidation sites excluding steroid dienone is 1. The van der Waals surface area contributed by atoms with Gasteiger partial charge in [0.05, 0.1) is 11.8 Å². The highest BCUT2D eigenvalue weighted by atomic mass is 16.7. The minimum absolute atomic E-state index is 0.236. The minimum Gasteiger partial charge on any atom is -0.389 e. The zero-order valence-electron chi connectivity index (χ0n) is 22.5. The maximum atomic E-state index is 12.3. The molecular weight excluding hydrogens is 438 g/mol. The second-order valence-corrected chi connectivity index (χ2v) is 13.7. The first-order chi connectivity index (χ1) is 16.5. The third kappa shape index (κ3) is 4.58. The molecule has 1 amide bonds. The Bertz CT molecular complexity index is 898. The van der Waals surface area contributed by atoms with Crippen LogP contribution in [-0.2, 0) is 4.84 Å². The molecule has 0 aromatic rings. The number of oxime groups is 1. The molecule has 3 N–H and O–H groups in total. The molecule has 35 heavy (non-hydrogen) atoms. The van der Waals surface area contributed by atoms with Gasteiger partial charge < -0.3 is 15.7 Å². The lowest BCUT2D eigenvalue weighted by Gasteiger charge is -2.58. The fourth-order valence-corrected chi connectivity index (χ4v) is 9.19. The van der Waals surface area contributed by atoms with Crippen molar-refractivity contribution in [1.29, 1.82) is 0 Å². The number of nitrogens with zero attached hydrogens (tertiary/aromatic N) is 1. The van der Waals surface area contributed by atoms with Gasteiger partial charge in [0.15, 0.2) is 0 Å². The topological polar surface area (TPSA) is 83.0 Å². The van der Waals surface area contributed by atoms with Gasteiger partial charge in [-0.15, -0.1) is 0 Å². The van der Waals surface area contributed by atoms with Crippen LogP contribution in [0.15, 0.2) is 16.8 Å². The summed E-state index contributed by atoms with van der Waals surface area (Å²) in [4.78, 5) is 17.7. The van der Waals surface area contributed by atoms with Crippen LogP contribution in [-0.4, -0.2) is 42.1 Å². The maximum Gasteiger partial charge on any atom is 0.433 e. The van der Waals surface area contributed by atoms with Gasteiger partial charge in [-0.05, 0) is 98.7 Å². The number of nitrogens with one attached hydrogen (secondary N) is 2. The number of carbonyl (C=O) groups is 1. The molecule has 6 heteroatoms. The van der Waals surface area contributed by atoms with Crippen molar-refractivity contribution in [1.82, 2.24) is 10.6 Å². The molecule has 0 bridgehead atoms. The van der Waals surface area contributed by atoms with Crippen molar-refractivity contribution in [3.8, 4) is 0 Å². The molecule has 8 atom stereocenters. The van der Waals surface area contributed by atoms with E-state index in [1.807, 2.05) is 0 Å². The molecule has 1 unspecified atom stereocenters. The summed E-state index contributed by atoms with van der Waals surface area (Å²) in [5, 5.41) is 20.9. The molecule has 3 saturated carbocycles. The molecular formula is C29H47N3O3. The Kier molecular flexibility index (Phi) is 6.61. The lowest BCUT2D eigenvalue weighted by atomic mass is 9.46. The van der Waals surface area contributed by atoms with Crippen molar-refractivity contribution in [2.45, 2.75) is 105 Å². The number of carbonyl (C=O) groups excluding carboxylic acids is 1. The van der Waals surface area contributed by atoms with E-state index in [9.17, 15) is 9.90 Å². The third-order valence-electron chi connectivity index (χ3n) is 11.0. The van der Waals surface area contributed by atoms with Gasteiger partial charge in [0.2, 0.25) is 0 Å². The van der Waals surface area contributed by atoms with Gasteiger partial charge in [-0.2, -0.15) is 0 Å². The van der Waals surface area contributed by atoms with Gasteiger partial charge in [-0.25, -0.2) is 4.79 Å². The Labute approximate surface area is 211 Å². The van der Waals surface area contributed by atoms with Crippen molar-refractivity contribution in [2.75, 3.05) is 13.1 Å². The van der Waals surface area contributed by atoms with E-state index in [2.05, 4.69) is 56.5 Å². The summed E-state index contributed by atoms with van der Waals surface area (Å²) < 4.78 is 0. The lowest BCUT2D eigenvalue weighted by Crippen LogP contribution is -2.51. The van der Waals surface area contributed by atoms with Crippen LogP contribution < -0.4 is 10.6 Å². The average Bonchev–Trinajstić information content (AvgIpc) is 3.35. The summed E-state index contributed by atoms with van der Waals surface area (Å²) >= 11 is 0. The molecule has 1 heterocycles. The third-order valence-corrected chi connectivity index (χ3v) is 11.0. The second kappa shape index (κ2) is 9.16. The molecule has 0 aromatic carbocycles. The van der Waals surface area contributed by atoms with E-state index in [4.69, 9.17) is 4.84 Å². The van der Waals surface area contributed by atoms with Gasteiger partial charge in [0.1, 0.15) is 0 Å². The van der Waals surface area contributed by atoms with Gasteiger partial charge in [-0.3, -0.25) is 4.84 Å². The lowest BCUT2D eigenvalue weighted by molar-refractivity contribution is -0.0479. The fourth-order valence-electron chi connectivity index (χ4n) is 9.19. The quantitative estimate of drug-likeness (QED) is 0.215. The fraction of sp³-hybridized carbons (Fsp3) is 0.862. The van der Waals surface area contributed by atoms with Crippen LogP contribution in [0.5, 0.6) is 0 Å². The van der Waals surface area contributed by atoms with Crippen LogP contribution in [0.4, 0.5) is 4.79 Å². The smallest absolute Gasteiger partial charge is 0.389 e. The summed E-state index contributed by atoms with van der Waals surface area (Å²) in [6.07, 6.45) is 11.9. The first kappa shape index (κ1) is 25.3. The maximum absolute atomic E-state index is 12.3. The predicted molar refractivity (Wildman–Crippen MR) is 139 cm³/mol. The highest BCUT2D eigenvalue weighted by Gasteiger charge is 2.59. The highest BCUT2D eigenvalue weighted by molar-refractivity contribution is 5.85. The van der Waals surface area contributed by atoms with Crippen molar-refractivity contribution in [2.24, 2.45) is 45.1 Å². The Morgan fingerprint density at radius 1 is 1.14 bits per heavy atom. The molecule has 1 saturated heterocycles. The number of fused-ring (bicyclic) bond motifs is 5. The first-order valence-electron chi connectivity index (χ1n) is 14.1. The van der Waals surface area contributed by atoms with Gasteiger partial charge in [-0.1, -0.05) is 44.5 Å². The molecule has 5 aliphatic rings. The van der Waals surface area contributed by atoms with Gasteiger partial charge >= 0.3 is 6.09 Å². The van der Waals surface area contributed by atoms with E-state index in [0.717, 1.165) is 56.2 Å². The molecule has 4 aliphatic carbocycles. The van der Waals surface area contributed by atoms with Crippen LogP contribution in [0.3, 0.4) is 0 Å². The summed E-state index contributed by atoms with van der Waals surface area (Å²) in [5.41, 5.74) is 3.30. The van der Waals surface area contributed by atoms with Crippen molar-refractivity contribution in [3.63, 3.8) is 0 Å². The SMILES string of the molecule is C/C(=N\OC(=O)NCC1CC(C)(C)CN1)[C@H]1CC[C@H]2[C@@H]3CCC4=C[C@H](O)CC[C@]4(C)[C@H]3CC[C@]12C. The molecule has 0 radical (unpaired) electrons. The van der Waals surface area contributed by atoms with Crippen molar-refractivity contribution < 1.29 is 14.7 Å². The Morgan fingerprint density at radius 3 is 2.69 bits per heavy atom. The first-order valence-corrected chi connectivity index (χ1v) is 14.1. The zero-order valence-corrected chi connectivity index (χ0v) is 22.5. The molecule has 1 aliphatic heterocycles. The van der Waals surface area contributed by atoms with E-state index in [-0.39, 0.29) is 22.3 Å². The molecule has 196 valence electrons. The number of aliphatic hydroxyl groups excluding tert-OH is 1. The van der Waals surface area contributed by atoms with E-state index in [1.165, 1.54) is 31.3 Å². The largest absolute Gasteiger partial charge is 0.433 e. The van der Waals surface area contributed by atoms with Crippen molar-refractivity contribution in [3.05, 3.63) is 11.6 Å². The normalized spacial score (nSPS) is 44.6. The second-order valence-electron chi connectivity index (χ2n) is 13.7. The van der Waals surface area contributed by atoms with Crippen LogP contribution in [0, 0.1) is 39.9 Å². The number of rotatable bonds is 4. The number of amides is 1. The molecule has 6 nitrogen and oxygen atoms in total. The Hall–Kier alpha value is -1.40.